The molecule has 4 heteroatoms. The van der Waals surface area contributed by atoms with E-state index in [2.05, 4.69) is 18.8 Å². The van der Waals surface area contributed by atoms with E-state index in [-0.39, 0.29) is 5.91 Å². The highest BCUT2D eigenvalue weighted by Gasteiger charge is 2.13. The minimum Gasteiger partial charge on any atom is -0.462 e. The smallest absolute Gasteiger partial charge is 0.340 e. The van der Waals surface area contributed by atoms with Crippen LogP contribution in [0.3, 0.4) is 0 Å². The molecule has 0 aromatic heterocycles. The predicted octanol–water partition coefficient (Wildman–Crippen LogP) is 3.55. The lowest BCUT2D eigenvalue weighted by Crippen LogP contribution is -2.14. The van der Waals surface area contributed by atoms with Crippen molar-refractivity contribution >= 4 is 17.6 Å². The maximum atomic E-state index is 12.0. The number of ether oxygens (including phenoxy) is 1. The van der Waals surface area contributed by atoms with E-state index < -0.39 is 5.97 Å². The Bertz CT molecular complexity index is 469. The fraction of sp³-hybridized carbons (Fsp3) is 0.375. The van der Waals surface area contributed by atoms with Crippen molar-refractivity contribution < 1.29 is 14.3 Å². The van der Waals surface area contributed by atoms with Gasteiger partial charge >= 0.3 is 5.97 Å². The molecule has 0 saturated heterocycles. The third-order valence-electron chi connectivity index (χ3n) is 2.82. The number of carbonyl (C=O) groups is 2. The number of esters is 1. The third kappa shape index (κ3) is 5.26. The Labute approximate surface area is 119 Å². The van der Waals surface area contributed by atoms with Crippen LogP contribution in [0.25, 0.3) is 0 Å². The van der Waals surface area contributed by atoms with Crippen LogP contribution in [-0.4, -0.2) is 18.5 Å². The average Bonchev–Trinajstić information content (AvgIpc) is 2.47. The fourth-order valence-electron chi connectivity index (χ4n) is 1.73. The lowest BCUT2D eigenvalue weighted by atomic mass is 10.1. The summed E-state index contributed by atoms with van der Waals surface area (Å²) in [6.07, 6.45) is 5.36. The second kappa shape index (κ2) is 8.91. The number of nitrogens with one attached hydrogen (secondary N) is 1. The summed E-state index contributed by atoms with van der Waals surface area (Å²) in [4.78, 5) is 23.3. The van der Waals surface area contributed by atoms with Gasteiger partial charge in [-0.05, 0) is 24.6 Å². The van der Waals surface area contributed by atoms with Gasteiger partial charge in [0.25, 0.3) is 0 Å². The maximum Gasteiger partial charge on any atom is 0.340 e. The highest BCUT2D eigenvalue weighted by atomic mass is 16.5. The Morgan fingerprint density at radius 1 is 1.25 bits per heavy atom. The quantitative estimate of drug-likeness (QED) is 0.448. The van der Waals surface area contributed by atoms with E-state index in [0.717, 1.165) is 31.8 Å². The minimum absolute atomic E-state index is 0.354. The van der Waals surface area contributed by atoms with Crippen LogP contribution in [0.5, 0.6) is 0 Å². The van der Waals surface area contributed by atoms with E-state index in [9.17, 15) is 9.59 Å². The number of carbonyl (C=O) groups excluding carboxylic acids is 2. The molecule has 0 aliphatic rings. The highest BCUT2D eigenvalue weighted by Crippen LogP contribution is 2.16. The van der Waals surface area contributed by atoms with Crippen molar-refractivity contribution in [1.82, 2.24) is 0 Å². The van der Waals surface area contributed by atoms with Crippen molar-refractivity contribution in [2.45, 2.75) is 32.6 Å². The molecule has 0 saturated carbocycles. The summed E-state index contributed by atoms with van der Waals surface area (Å²) in [6, 6.07) is 6.77. The fourth-order valence-corrected chi connectivity index (χ4v) is 1.73. The molecule has 0 aliphatic carbocycles. The first-order valence-electron chi connectivity index (χ1n) is 6.88. The van der Waals surface area contributed by atoms with E-state index in [0.29, 0.717) is 17.9 Å². The van der Waals surface area contributed by atoms with Crippen LogP contribution in [0.1, 0.15) is 43.0 Å². The van der Waals surface area contributed by atoms with Gasteiger partial charge in [0.1, 0.15) is 0 Å². The molecule has 0 unspecified atom stereocenters. The predicted molar refractivity (Wildman–Crippen MR) is 79.7 cm³/mol. The van der Waals surface area contributed by atoms with Gasteiger partial charge in [0.15, 0.2) is 0 Å². The molecule has 1 aromatic carbocycles. The molecular weight excluding hydrogens is 254 g/mol. The molecule has 108 valence electrons. The van der Waals surface area contributed by atoms with Crippen molar-refractivity contribution in [3.05, 3.63) is 42.5 Å². The van der Waals surface area contributed by atoms with Gasteiger partial charge in [-0.25, -0.2) is 4.79 Å². The lowest BCUT2D eigenvalue weighted by Gasteiger charge is -2.09. The number of para-hydroxylation sites is 1. The monoisotopic (exact) mass is 275 g/mol. The lowest BCUT2D eigenvalue weighted by molar-refractivity contribution is -0.111. The summed E-state index contributed by atoms with van der Waals surface area (Å²) in [5.74, 6) is -0.769. The minimum atomic E-state index is -0.415. The summed E-state index contributed by atoms with van der Waals surface area (Å²) in [7, 11) is 0. The number of rotatable bonds is 8. The summed E-state index contributed by atoms with van der Waals surface area (Å²) >= 11 is 0. The van der Waals surface area contributed by atoms with Gasteiger partial charge in [0.05, 0.1) is 17.9 Å². The number of unbranched alkanes of at least 4 members (excludes halogenated alkanes) is 3. The van der Waals surface area contributed by atoms with Crippen LogP contribution in [0.4, 0.5) is 5.69 Å². The van der Waals surface area contributed by atoms with Gasteiger partial charge < -0.3 is 10.1 Å². The van der Waals surface area contributed by atoms with E-state index in [1.807, 2.05) is 0 Å². The number of benzene rings is 1. The van der Waals surface area contributed by atoms with E-state index in [1.54, 1.807) is 24.3 Å². The van der Waals surface area contributed by atoms with Crippen LogP contribution in [0.2, 0.25) is 0 Å². The first-order valence-corrected chi connectivity index (χ1v) is 6.88. The van der Waals surface area contributed by atoms with Crippen LogP contribution in [0, 0.1) is 0 Å². The molecule has 1 N–H and O–H groups in total. The van der Waals surface area contributed by atoms with Crippen LogP contribution >= 0.6 is 0 Å². The van der Waals surface area contributed by atoms with Crippen molar-refractivity contribution in [2.75, 3.05) is 11.9 Å². The van der Waals surface area contributed by atoms with Gasteiger partial charge in [-0.15, -0.1) is 0 Å². The highest BCUT2D eigenvalue weighted by molar-refractivity contribution is 6.04. The van der Waals surface area contributed by atoms with Crippen molar-refractivity contribution in [3.8, 4) is 0 Å². The van der Waals surface area contributed by atoms with E-state index in [4.69, 9.17) is 4.74 Å². The van der Waals surface area contributed by atoms with Gasteiger partial charge in [-0.3, -0.25) is 4.79 Å². The molecule has 1 amide bonds. The Morgan fingerprint density at radius 2 is 2.00 bits per heavy atom. The van der Waals surface area contributed by atoms with Crippen LogP contribution < -0.4 is 5.32 Å². The van der Waals surface area contributed by atoms with Crippen molar-refractivity contribution in [1.29, 1.82) is 0 Å². The molecule has 20 heavy (non-hydrogen) atoms. The second-order valence-electron chi connectivity index (χ2n) is 4.44. The summed E-state index contributed by atoms with van der Waals surface area (Å²) in [5, 5.41) is 2.59. The third-order valence-corrected chi connectivity index (χ3v) is 2.82. The second-order valence-corrected chi connectivity index (χ2v) is 4.44. The number of amides is 1. The first-order chi connectivity index (χ1) is 9.69. The first kappa shape index (κ1) is 16.0. The molecule has 0 aliphatic heterocycles. The largest absolute Gasteiger partial charge is 0.462 e. The molecule has 0 heterocycles. The van der Waals surface area contributed by atoms with Gasteiger partial charge in [-0.1, -0.05) is 44.9 Å². The molecule has 0 fully saturated rings. The van der Waals surface area contributed by atoms with Crippen molar-refractivity contribution in [3.63, 3.8) is 0 Å². The molecule has 0 bridgehead atoms. The molecule has 0 atom stereocenters. The Morgan fingerprint density at radius 3 is 2.70 bits per heavy atom. The molecule has 1 rings (SSSR count). The average molecular weight is 275 g/mol. The SMILES string of the molecule is C=CC(=O)Nc1ccccc1C(=O)OCCCCCC. The molecular formula is C16H21NO3. The normalized spacial score (nSPS) is 9.85. The molecule has 0 spiro atoms. The van der Waals surface area contributed by atoms with E-state index >= 15 is 0 Å². The van der Waals surface area contributed by atoms with E-state index in [1.165, 1.54) is 0 Å². The Kier molecular flexibility index (Phi) is 7.11. The molecule has 4 nitrogen and oxygen atoms in total. The number of hydrogen-bond acceptors (Lipinski definition) is 3. The summed E-state index contributed by atoms with van der Waals surface area (Å²) < 4.78 is 5.21. The van der Waals surface area contributed by atoms with Gasteiger partial charge in [-0.2, -0.15) is 0 Å². The molecule has 1 aromatic rings. The Hall–Kier alpha value is -2.10. The van der Waals surface area contributed by atoms with Gasteiger partial charge in [0.2, 0.25) is 5.91 Å². The maximum absolute atomic E-state index is 12.0. The molecule has 0 radical (unpaired) electrons. The zero-order valence-electron chi connectivity index (χ0n) is 11.9. The van der Waals surface area contributed by atoms with Gasteiger partial charge in [0, 0.05) is 0 Å². The van der Waals surface area contributed by atoms with Crippen LogP contribution in [0.15, 0.2) is 36.9 Å². The topological polar surface area (TPSA) is 55.4 Å². The number of anilines is 1. The zero-order valence-corrected chi connectivity index (χ0v) is 11.9. The zero-order chi connectivity index (χ0) is 14.8. The standard InChI is InChI=1S/C16H21NO3/c1-3-5-6-9-12-20-16(19)13-10-7-8-11-14(13)17-15(18)4-2/h4,7-8,10-11H,2-3,5-6,9,12H2,1H3,(H,17,18). The number of hydrogen-bond donors (Lipinski definition) is 1. The summed E-state index contributed by atoms with van der Waals surface area (Å²) in [6.45, 7) is 5.92. The summed E-state index contributed by atoms with van der Waals surface area (Å²) in [5.41, 5.74) is 0.800. The Balaban J connectivity index is 2.58. The van der Waals surface area contributed by atoms with Crippen LogP contribution in [-0.2, 0) is 9.53 Å². The van der Waals surface area contributed by atoms with Crippen molar-refractivity contribution in [2.24, 2.45) is 0 Å².